The summed E-state index contributed by atoms with van der Waals surface area (Å²) in [5.74, 6) is 0.825. The average molecular weight is 277 g/mol. The normalized spacial score (nSPS) is 24.9. The van der Waals surface area contributed by atoms with Crippen molar-refractivity contribution in [2.45, 2.75) is 65.3 Å². The zero-order valence-corrected chi connectivity index (χ0v) is 12.6. The Morgan fingerprint density at radius 2 is 1.84 bits per heavy atom. The van der Waals surface area contributed by atoms with Crippen molar-refractivity contribution in [3.8, 4) is 0 Å². The van der Waals surface area contributed by atoms with Gasteiger partial charge in [0.25, 0.3) is 6.43 Å². The van der Waals surface area contributed by atoms with Gasteiger partial charge in [-0.15, -0.1) is 0 Å². The molecule has 0 radical (unpaired) electrons. The minimum atomic E-state index is -2.35. The summed E-state index contributed by atoms with van der Waals surface area (Å²) in [4.78, 5) is 0. The molecule has 1 rings (SSSR count). The van der Waals surface area contributed by atoms with Crippen LogP contribution in [-0.2, 0) is 4.74 Å². The van der Waals surface area contributed by atoms with Gasteiger partial charge in [0.15, 0.2) is 0 Å². The molecule has 1 saturated carbocycles. The summed E-state index contributed by atoms with van der Waals surface area (Å²) in [6.07, 6.45) is 3.82. The lowest BCUT2D eigenvalue weighted by atomic mass is 9.69. The Balaban J connectivity index is 2.10. The van der Waals surface area contributed by atoms with Gasteiger partial charge in [-0.1, -0.05) is 27.2 Å². The predicted molar refractivity (Wildman–Crippen MR) is 74.6 cm³/mol. The van der Waals surface area contributed by atoms with Crippen LogP contribution in [0.4, 0.5) is 8.78 Å². The van der Waals surface area contributed by atoms with Crippen LogP contribution < -0.4 is 5.32 Å². The van der Waals surface area contributed by atoms with Gasteiger partial charge < -0.3 is 10.1 Å². The summed E-state index contributed by atoms with van der Waals surface area (Å²) in [5, 5.41) is 3.42. The molecule has 1 aliphatic rings. The molecule has 0 aromatic heterocycles. The van der Waals surface area contributed by atoms with Crippen molar-refractivity contribution in [2.24, 2.45) is 11.3 Å². The fourth-order valence-corrected chi connectivity index (χ4v) is 2.88. The third-order valence-electron chi connectivity index (χ3n) is 4.67. The van der Waals surface area contributed by atoms with Gasteiger partial charge >= 0.3 is 0 Å². The lowest BCUT2D eigenvalue weighted by Crippen LogP contribution is -2.38. The fourth-order valence-electron chi connectivity index (χ4n) is 2.88. The molecule has 1 fully saturated rings. The molecular formula is C15H29F2NO. The lowest BCUT2D eigenvalue weighted by Gasteiger charge is -2.39. The zero-order valence-electron chi connectivity index (χ0n) is 12.6. The molecule has 0 heterocycles. The first-order chi connectivity index (χ1) is 8.95. The van der Waals surface area contributed by atoms with Gasteiger partial charge in [-0.2, -0.15) is 0 Å². The Morgan fingerprint density at radius 3 is 2.37 bits per heavy atom. The highest BCUT2D eigenvalue weighted by atomic mass is 19.3. The van der Waals surface area contributed by atoms with Gasteiger partial charge in [0.1, 0.15) is 6.61 Å². The molecule has 114 valence electrons. The van der Waals surface area contributed by atoms with E-state index in [1.807, 2.05) is 0 Å². The Morgan fingerprint density at radius 1 is 1.21 bits per heavy atom. The smallest absolute Gasteiger partial charge is 0.261 e. The van der Waals surface area contributed by atoms with Crippen LogP contribution in [0.15, 0.2) is 0 Å². The van der Waals surface area contributed by atoms with Crippen molar-refractivity contribution in [1.82, 2.24) is 5.32 Å². The van der Waals surface area contributed by atoms with E-state index in [4.69, 9.17) is 4.74 Å². The standard InChI is InChI=1S/C15H29F2NO/c1-4-15(2,3)12-5-7-13(8-6-12)18-9-10-19-11-14(16)17/h12-14,18H,4-11H2,1-3H3. The first kappa shape index (κ1) is 16.8. The van der Waals surface area contributed by atoms with Crippen LogP contribution in [0.5, 0.6) is 0 Å². The Kier molecular flexibility index (Phi) is 7.22. The van der Waals surface area contributed by atoms with Gasteiger partial charge in [-0.05, 0) is 37.0 Å². The summed E-state index contributed by atoms with van der Waals surface area (Å²) in [7, 11) is 0. The number of rotatable bonds is 8. The van der Waals surface area contributed by atoms with Crippen LogP contribution in [0.1, 0.15) is 52.9 Å². The molecule has 4 heteroatoms. The number of nitrogens with one attached hydrogen (secondary N) is 1. The van der Waals surface area contributed by atoms with Crippen molar-refractivity contribution < 1.29 is 13.5 Å². The maximum absolute atomic E-state index is 11.9. The summed E-state index contributed by atoms with van der Waals surface area (Å²) >= 11 is 0. The van der Waals surface area contributed by atoms with E-state index in [1.54, 1.807) is 0 Å². The highest BCUT2D eigenvalue weighted by Gasteiger charge is 2.31. The van der Waals surface area contributed by atoms with Gasteiger partial charge in [-0.3, -0.25) is 0 Å². The lowest BCUT2D eigenvalue weighted by molar-refractivity contribution is 0.0175. The molecule has 1 aliphatic carbocycles. The average Bonchev–Trinajstić information content (AvgIpc) is 2.38. The molecule has 0 bridgehead atoms. The molecule has 0 spiro atoms. The Hall–Kier alpha value is -0.220. The van der Waals surface area contributed by atoms with Crippen LogP contribution in [0.3, 0.4) is 0 Å². The largest absolute Gasteiger partial charge is 0.374 e. The van der Waals surface area contributed by atoms with Crippen molar-refractivity contribution >= 4 is 0 Å². The molecule has 0 aliphatic heterocycles. The van der Waals surface area contributed by atoms with E-state index in [-0.39, 0.29) is 0 Å². The molecule has 19 heavy (non-hydrogen) atoms. The van der Waals surface area contributed by atoms with Crippen LogP contribution in [-0.4, -0.2) is 32.2 Å². The van der Waals surface area contributed by atoms with E-state index in [0.717, 1.165) is 5.92 Å². The second kappa shape index (κ2) is 8.15. The summed E-state index contributed by atoms with van der Waals surface area (Å²) < 4.78 is 28.6. The molecule has 2 nitrogen and oxygen atoms in total. The molecule has 0 saturated heterocycles. The van der Waals surface area contributed by atoms with Crippen LogP contribution >= 0.6 is 0 Å². The van der Waals surface area contributed by atoms with Crippen molar-refractivity contribution in [1.29, 1.82) is 0 Å². The van der Waals surface area contributed by atoms with Gasteiger partial charge in [0, 0.05) is 12.6 Å². The first-order valence-corrected chi connectivity index (χ1v) is 7.55. The highest BCUT2D eigenvalue weighted by Crippen LogP contribution is 2.40. The SMILES string of the molecule is CCC(C)(C)C1CCC(NCCOCC(F)F)CC1. The molecule has 0 unspecified atom stereocenters. The summed E-state index contributed by atoms with van der Waals surface area (Å²) in [6, 6.07) is 0.541. The van der Waals surface area contributed by atoms with E-state index in [0.29, 0.717) is 24.6 Å². The molecule has 0 amide bonds. The Labute approximate surface area is 116 Å². The molecule has 1 N–H and O–H groups in total. The predicted octanol–water partition coefficient (Wildman–Crippen LogP) is 3.85. The molecule has 0 aromatic rings. The minimum Gasteiger partial charge on any atom is -0.374 e. The number of alkyl halides is 2. The second-order valence-corrected chi connectivity index (χ2v) is 6.31. The highest BCUT2D eigenvalue weighted by molar-refractivity contribution is 4.84. The molecule has 0 atom stereocenters. The maximum atomic E-state index is 11.9. The molecular weight excluding hydrogens is 248 g/mol. The van der Waals surface area contributed by atoms with E-state index in [1.165, 1.54) is 32.1 Å². The van der Waals surface area contributed by atoms with E-state index >= 15 is 0 Å². The Bertz CT molecular complexity index is 238. The molecule has 0 aromatic carbocycles. The van der Waals surface area contributed by atoms with Gasteiger partial charge in [0.2, 0.25) is 0 Å². The van der Waals surface area contributed by atoms with Crippen molar-refractivity contribution in [2.75, 3.05) is 19.8 Å². The van der Waals surface area contributed by atoms with E-state index in [2.05, 4.69) is 26.1 Å². The third kappa shape index (κ3) is 6.17. The van der Waals surface area contributed by atoms with Crippen molar-refractivity contribution in [3.63, 3.8) is 0 Å². The summed E-state index contributed by atoms with van der Waals surface area (Å²) in [5.41, 5.74) is 0.450. The number of hydrogen-bond acceptors (Lipinski definition) is 2. The van der Waals surface area contributed by atoms with E-state index in [9.17, 15) is 8.78 Å². The summed E-state index contributed by atoms with van der Waals surface area (Å²) in [6.45, 7) is 7.61. The van der Waals surface area contributed by atoms with Crippen LogP contribution in [0.2, 0.25) is 0 Å². The zero-order chi connectivity index (χ0) is 14.3. The quantitative estimate of drug-likeness (QED) is 0.680. The van der Waals surface area contributed by atoms with Crippen LogP contribution in [0, 0.1) is 11.3 Å². The second-order valence-electron chi connectivity index (χ2n) is 6.31. The number of halogens is 2. The number of hydrogen-bond donors (Lipinski definition) is 1. The topological polar surface area (TPSA) is 21.3 Å². The minimum absolute atomic E-state index is 0.380. The fraction of sp³-hybridized carbons (Fsp3) is 1.00. The monoisotopic (exact) mass is 277 g/mol. The van der Waals surface area contributed by atoms with Crippen LogP contribution in [0.25, 0.3) is 0 Å². The van der Waals surface area contributed by atoms with Crippen molar-refractivity contribution in [3.05, 3.63) is 0 Å². The van der Waals surface area contributed by atoms with Gasteiger partial charge in [0.05, 0.1) is 6.61 Å². The maximum Gasteiger partial charge on any atom is 0.261 e. The third-order valence-corrected chi connectivity index (χ3v) is 4.67. The first-order valence-electron chi connectivity index (χ1n) is 7.55. The number of ether oxygens (including phenoxy) is 1. The van der Waals surface area contributed by atoms with Gasteiger partial charge in [-0.25, -0.2) is 8.78 Å². The van der Waals surface area contributed by atoms with E-state index < -0.39 is 13.0 Å².